The summed E-state index contributed by atoms with van der Waals surface area (Å²) in [7, 11) is -4.17. The molecule has 46 heavy (non-hydrogen) atoms. The van der Waals surface area contributed by atoms with Gasteiger partial charge in [-0.1, -0.05) is 102 Å². The number of nitrogens with one attached hydrogen (secondary N) is 1. The standard InChI is InChI=1S/C37H42BrN3O4S/c1-26(2)23-39-37(43)35(22-30-12-7-6-8-13-30)40(24-31-14-10-15-32(38)21-31)36(42)25-41(34-16-9-11-28(4)29(34)5)46(44,45)33-19-17-27(3)18-20-33/h6-21,26,35H,22-25H2,1-5H3,(H,39,43)/t35-/m0/s1. The molecule has 1 atom stereocenters. The van der Waals surface area contributed by atoms with Crippen molar-refractivity contribution in [2.45, 2.75) is 58.5 Å². The number of sulfonamides is 1. The van der Waals surface area contributed by atoms with Crippen LogP contribution in [0.15, 0.2) is 106 Å². The Morgan fingerprint density at radius 1 is 0.826 bits per heavy atom. The molecule has 0 radical (unpaired) electrons. The molecule has 0 fully saturated rings. The number of nitrogens with zero attached hydrogens (tertiary/aromatic N) is 2. The smallest absolute Gasteiger partial charge is 0.264 e. The lowest BCUT2D eigenvalue weighted by molar-refractivity contribution is -0.140. The summed E-state index contributed by atoms with van der Waals surface area (Å²) < 4.78 is 30.6. The molecule has 0 aliphatic heterocycles. The maximum Gasteiger partial charge on any atom is 0.264 e. The van der Waals surface area contributed by atoms with E-state index in [2.05, 4.69) is 21.2 Å². The molecule has 0 saturated carbocycles. The highest BCUT2D eigenvalue weighted by Gasteiger charge is 2.35. The van der Waals surface area contributed by atoms with Gasteiger partial charge in [0, 0.05) is 24.0 Å². The van der Waals surface area contributed by atoms with Crippen molar-refractivity contribution < 1.29 is 18.0 Å². The number of amides is 2. The zero-order chi connectivity index (χ0) is 33.4. The summed E-state index contributed by atoms with van der Waals surface area (Å²) in [5.74, 6) is -0.576. The Hall–Kier alpha value is -3.95. The summed E-state index contributed by atoms with van der Waals surface area (Å²) >= 11 is 3.52. The predicted octanol–water partition coefficient (Wildman–Crippen LogP) is 6.98. The first-order valence-electron chi connectivity index (χ1n) is 15.4. The van der Waals surface area contributed by atoms with Crippen molar-refractivity contribution in [2.24, 2.45) is 5.92 Å². The third kappa shape index (κ3) is 8.85. The van der Waals surface area contributed by atoms with Crippen LogP contribution in [0, 0.1) is 26.7 Å². The highest BCUT2D eigenvalue weighted by Crippen LogP contribution is 2.29. The number of hydrogen-bond acceptors (Lipinski definition) is 4. The third-order valence-electron chi connectivity index (χ3n) is 7.93. The highest BCUT2D eigenvalue weighted by atomic mass is 79.9. The van der Waals surface area contributed by atoms with Gasteiger partial charge in [-0.25, -0.2) is 8.42 Å². The van der Waals surface area contributed by atoms with Crippen LogP contribution >= 0.6 is 15.9 Å². The lowest BCUT2D eigenvalue weighted by Gasteiger charge is -2.34. The summed E-state index contributed by atoms with van der Waals surface area (Å²) in [6.07, 6.45) is 0.263. The van der Waals surface area contributed by atoms with Gasteiger partial charge in [0.25, 0.3) is 10.0 Å². The number of halogens is 1. The van der Waals surface area contributed by atoms with E-state index in [0.717, 1.165) is 32.3 Å². The Morgan fingerprint density at radius 3 is 2.13 bits per heavy atom. The van der Waals surface area contributed by atoms with Gasteiger partial charge < -0.3 is 10.2 Å². The van der Waals surface area contributed by atoms with Gasteiger partial charge in [0.2, 0.25) is 11.8 Å². The third-order valence-corrected chi connectivity index (χ3v) is 10.2. The zero-order valence-corrected chi connectivity index (χ0v) is 29.4. The van der Waals surface area contributed by atoms with E-state index in [0.29, 0.717) is 12.2 Å². The van der Waals surface area contributed by atoms with E-state index in [1.807, 2.05) is 95.3 Å². The number of hydrogen-bond donors (Lipinski definition) is 1. The molecule has 1 N–H and O–H groups in total. The Bertz CT molecular complexity index is 1760. The molecular formula is C37H42BrN3O4S. The van der Waals surface area contributed by atoms with Crippen LogP contribution in [0.25, 0.3) is 0 Å². The molecule has 4 aromatic rings. The predicted molar refractivity (Wildman–Crippen MR) is 188 cm³/mol. The van der Waals surface area contributed by atoms with Gasteiger partial charge in [-0.3, -0.25) is 13.9 Å². The molecule has 0 aliphatic carbocycles. The summed E-state index contributed by atoms with van der Waals surface area (Å²) in [4.78, 5) is 30.2. The second-order valence-corrected chi connectivity index (χ2v) is 14.8. The first-order valence-corrected chi connectivity index (χ1v) is 17.6. The van der Waals surface area contributed by atoms with Gasteiger partial charge in [-0.2, -0.15) is 0 Å². The number of carbonyl (C=O) groups excluding carboxylic acids is 2. The van der Waals surface area contributed by atoms with Gasteiger partial charge >= 0.3 is 0 Å². The summed E-state index contributed by atoms with van der Waals surface area (Å²) in [5.41, 5.74) is 4.68. The molecule has 4 aromatic carbocycles. The van der Waals surface area contributed by atoms with E-state index < -0.39 is 28.5 Å². The average Bonchev–Trinajstić information content (AvgIpc) is 3.02. The van der Waals surface area contributed by atoms with Crippen LogP contribution in [0.5, 0.6) is 0 Å². The van der Waals surface area contributed by atoms with E-state index in [1.165, 1.54) is 9.21 Å². The molecule has 242 valence electrons. The average molecular weight is 705 g/mol. The fourth-order valence-corrected chi connectivity index (χ4v) is 7.08. The molecule has 0 unspecified atom stereocenters. The van der Waals surface area contributed by atoms with Crippen LogP contribution in [0.4, 0.5) is 5.69 Å². The molecule has 2 amide bonds. The summed E-state index contributed by atoms with van der Waals surface area (Å²) in [6.45, 7) is 9.73. The minimum Gasteiger partial charge on any atom is -0.354 e. The van der Waals surface area contributed by atoms with E-state index in [4.69, 9.17) is 0 Å². The van der Waals surface area contributed by atoms with Crippen molar-refractivity contribution in [3.63, 3.8) is 0 Å². The van der Waals surface area contributed by atoms with Crippen LogP contribution in [0.1, 0.15) is 41.7 Å². The van der Waals surface area contributed by atoms with E-state index in [9.17, 15) is 18.0 Å². The van der Waals surface area contributed by atoms with Gasteiger partial charge in [-0.05, 0) is 79.3 Å². The van der Waals surface area contributed by atoms with Crippen LogP contribution in [0.3, 0.4) is 0 Å². The molecular weight excluding hydrogens is 662 g/mol. The highest BCUT2D eigenvalue weighted by molar-refractivity contribution is 9.10. The number of aryl methyl sites for hydroxylation is 2. The summed E-state index contributed by atoms with van der Waals surface area (Å²) in [5, 5.41) is 3.02. The van der Waals surface area contributed by atoms with Crippen LogP contribution in [-0.4, -0.2) is 44.3 Å². The largest absolute Gasteiger partial charge is 0.354 e. The summed E-state index contributed by atoms with van der Waals surface area (Å²) in [6, 6.07) is 28.2. The number of rotatable bonds is 13. The van der Waals surface area contributed by atoms with Crippen molar-refractivity contribution in [2.75, 3.05) is 17.4 Å². The zero-order valence-electron chi connectivity index (χ0n) is 27.0. The normalized spacial score (nSPS) is 12.1. The monoisotopic (exact) mass is 703 g/mol. The van der Waals surface area contributed by atoms with Crippen molar-refractivity contribution in [1.82, 2.24) is 10.2 Å². The fourth-order valence-electron chi connectivity index (χ4n) is 5.17. The van der Waals surface area contributed by atoms with Gasteiger partial charge in [0.15, 0.2) is 0 Å². The Balaban J connectivity index is 1.83. The molecule has 0 aliphatic rings. The van der Waals surface area contributed by atoms with Gasteiger partial charge in [0.1, 0.15) is 12.6 Å². The number of benzene rings is 4. The Morgan fingerprint density at radius 2 is 1.48 bits per heavy atom. The molecule has 0 aromatic heterocycles. The van der Waals surface area contributed by atoms with Crippen molar-refractivity contribution in [1.29, 1.82) is 0 Å². The van der Waals surface area contributed by atoms with Crippen LogP contribution in [0.2, 0.25) is 0 Å². The van der Waals surface area contributed by atoms with E-state index in [-0.39, 0.29) is 29.7 Å². The second-order valence-electron chi connectivity index (χ2n) is 12.0. The maximum atomic E-state index is 14.6. The quantitative estimate of drug-likeness (QED) is 0.163. The Kier molecular flexibility index (Phi) is 11.8. The molecule has 0 saturated heterocycles. The maximum absolute atomic E-state index is 14.6. The SMILES string of the molecule is Cc1ccc(S(=O)(=O)N(CC(=O)N(Cc2cccc(Br)c2)[C@@H](Cc2ccccc2)C(=O)NCC(C)C)c2cccc(C)c2C)cc1. The van der Waals surface area contributed by atoms with Gasteiger partial charge in [0.05, 0.1) is 10.6 Å². The molecule has 9 heteroatoms. The molecule has 4 rings (SSSR count). The van der Waals surface area contributed by atoms with Crippen molar-refractivity contribution in [3.05, 3.63) is 129 Å². The van der Waals surface area contributed by atoms with Crippen LogP contribution in [-0.2, 0) is 32.6 Å². The first kappa shape index (κ1) is 34.9. The molecule has 0 bridgehead atoms. The number of carbonyl (C=O) groups is 2. The second kappa shape index (κ2) is 15.6. The van der Waals surface area contributed by atoms with E-state index >= 15 is 0 Å². The fraction of sp³-hybridized carbons (Fsp3) is 0.297. The van der Waals surface area contributed by atoms with Gasteiger partial charge in [-0.15, -0.1) is 0 Å². The lowest BCUT2D eigenvalue weighted by atomic mass is 10.0. The Labute approximate surface area is 281 Å². The molecule has 0 heterocycles. The first-order chi connectivity index (χ1) is 21.9. The van der Waals surface area contributed by atoms with Crippen molar-refractivity contribution in [3.8, 4) is 0 Å². The minimum absolute atomic E-state index is 0.0841. The van der Waals surface area contributed by atoms with E-state index in [1.54, 1.807) is 36.4 Å². The minimum atomic E-state index is -4.17. The van der Waals surface area contributed by atoms with Crippen molar-refractivity contribution >= 4 is 43.5 Å². The lowest BCUT2D eigenvalue weighted by Crippen LogP contribution is -2.53. The van der Waals surface area contributed by atoms with Crippen LogP contribution < -0.4 is 9.62 Å². The topological polar surface area (TPSA) is 86.8 Å². The number of anilines is 1. The molecule has 0 spiro atoms. The molecule has 7 nitrogen and oxygen atoms in total.